The van der Waals surface area contributed by atoms with Crippen molar-refractivity contribution in [3.8, 4) is 5.75 Å². The third-order valence-corrected chi connectivity index (χ3v) is 8.87. The van der Waals surface area contributed by atoms with Crippen LogP contribution < -0.4 is 9.46 Å². The maximum Gasteiger partial charge on any atom is 0.393 e. The van der Waals surface area contributed by atoms with E-state index in [0.29, 0.717) is 50.4 Å². The summed E-state index contributed by atoms with van der Waals surface area (Å²) in [6, 6.07) is 2.52. The minimum Gasteiger partial charge on any atom is -0.493 e. The first kappa shape index (κ1) is 28.4. The highest BCUT2D eigenvalue weighted by molar-refractivity contribution is 7.90. The fourth-order valence-corrected chi connectivity index (χ4v) is 5.82. The van der Waals surface area contributed by atoms with Crippen LogP contribution in [0.2, 0.25) is 0 Å². The highest BCUT2D eigenvalue weighted by Crippen LogP contribution is 2.45. The second-order valence-electron chi connectivity index (χ2n) is 10.1. The van der Waals surface area contributed by atoms with E-state index in [1.165, 1.54) is 13.0 Å². The predicted molar refractivity (Wildman–Crippen MR) is 130 cm³/mol. The Bertz CT molecular complexity index is 1090. The van der Waals surface area contributed by atoms with Crippen molar-refractivity contribution < 1.29 is 35.5 Å². The summed E-state index contributed by atoms with van der Waals surface area (Å²) in [4.78, 5) is 12.4. The Labute approximate surface area is 219 Å². The number of carbonyl (C=O) groups is 1. The maximum absolute atomic E-state index is 14.8. The molecule has 2 saturated heterocycles. The zero-order chi connectivity index (χ0) is 27.0. The summed E-state index contributed by atoms with van der Waals surface area (Å²) in [6.45, 7) is 3.15. The van der Waals surface area contributed by atoms with Crippen molar-refractivity contribution in [2.24, 2.45) is 11.8 Å². The molecule has 7 nitrogen and oxygen atoms in total. The number of nitrogens with zero attached hydrogens (tertiary/aromatic N) is 2. The van der Waals surface area contributed by atoms with E-state index < -0.39 is 39.2 Å². The predicted octanol–water partition coefficient (Wildman–Crippen LogP) is 4.28. The molecule has 208 valence electrons. The van der Waals surface area contributed by atoms with Crippen LogP contribution in [0.25, 0.3) is 0 Å². The molecule has 0 spiro atoms. The number of hydrazine groups is 1. The van der Waals surface area contributed by atoms with Crippen molar-refractivity contribution >= 4 is 27.5 Å². The number of carbonyl (C=O) groups excluding carboxylic acids is 1. The van der Waals surface area contributed by atoms with Gasteiger partial charge in [0.15, 0.2) is 0 Å². The molecule has 0 bridgehead atoms. The number of sulfonamides is 1. The van der Waals surface area contributed by atoms with E-state index in [0.717, 1.165) is 18.9 Å². The Balaban J connectivity index is 1.35. The van der Waals surface area contributed by atoms with E-state index in [2.05, 4.69) is 0 Å². The molecule has 37 heavy (non-hydrogen) atoms. The molecule has 1 N–H and O–H groups in total. The number of benzene rings is 1. The summed E-state index contributed by atoms with van der Waals surface area (Å²) in [5, 5.41) is 3.11. The van der Waals surface area contributed by atoms with Crippen LogP contribution in [0.5, 0.6) is 5.75 Å². The van der Waals surface area contributed by atoms with Gasteiger partial charge in [0, 0.05) is 37.6 Å². The normalized spacial score (nSPS) is 24.7. The number of hydrogen-bond acceptors (Lipinski definition) is 6. The lowest BCUT2D eigenvalue weighted by molar-refractivity contribution is -0.203. The number of ether oxygens (including phenoxy) is 1. The molecule has 3 fully saturated rings. The van der Waals surface area contributed by atoms with Gasteiger partial charge in [-0.2, -0.15) is 13.2 Å². The molecule has 1 aromatic carbocycles. The average Bonchev–Trinajstić information content (AvgIpc) is 3.67. The largest absolute Gasteiger partial charge is 0.493 e. The summed E-state index contributed by atoms with van der Waals surface area (Å²) >= 11 is 6.13. The molecular formula is C24H32ClF4N3O4S. The Morgan fingerprint density at radius 1 is 1.14 bits per heavy atom. The Morgan fingerprint density at radius 2 is 1.81 bits per heavy atom. The number of nitrogens with one attached hydrogen (secondary N) is 1. The van der Waals surface area contributed by atoms with Gasteiger partial charge in [-0.15, -0.1) is 11.6 Å². The van der Waals surface area contributed by atoms with Crippen molar-refractivity contribution in [3.63, 3.8) is 0 Å². The second-order valence-corrected chi connectivity index (χ2v) is 12.8. The van der Waals surface area contributed by atoms with E-state index in [1.54, 1.807) is 5.01 Å². The molecule has 0 radical (unpaired) electrons. The molecule has 1 aromatic rings. The minimum atomic E-state index is -4.27. The van der Waals surface area contributed by atoms with Crippen molar-refractivity contribution in [1.82, 2.24) is 14.7 Å². The quantitative estimate of drug-likeness (QED) is 0.372. The Kier molecular flexibility index (Phi) is 8.62. The van der Waals surface area contributed by atoms with Crippen molar-refractivity contribution in [2.75, 3.05) is 38.5 Å². The molecule has 13 heteroatoms. The summed E-state index contributed by atoms with van der Waals surface area (Å²) in [6.07, 6.45) is -1.20. The highest BCUT2D eigenvalue weighted by atomic mass is 35.5. The summed E-state index contributed by atoms with van der Waals surface area (Å²) in [7, 11) is -3.83. The van der Waals surface area contributed by atoms with E-state index in [1.807, 2.05) is 9.73 Å². The summed E-state index contributed by atoms with van der Waals surface area (Å²) in [5.41, 5.74) is 0.341. The van der Waals surface area contributed by atoms with Gasteiger partial charge in [-0.1, -0.05) is 0 Å². The number of halogens is 5. The molecular weight excluding hydrogens is 538 g/mol. The molecule has 2 unspecified atom stereocenters. The van der Waals surface area contributed by atoms with Crippen LogP contribution in [0.4, 0.5) is 17.6 Å². The first-order valence-corrected chi connectivity index (χ1v) is 14.7. The fourth-order valence-electron chi connectivity index (χ4n) is 4.91. The van der Waals surface area contributed by atoms with Gasteiger partial charge in [-0.25, -0.2) is 27.5 Å². The molecule has 4 rings (SSSR count). The fraction of sp³-hybridized carbons (Fsp3) is 0.708. The van der Waals surface area contributed by atoms with Crippen molar-refractivity contribution in [1.29, 1.82) is 0 Å². The number of rotatable bonds is 8. The second kappa shape index (κ2) is 11.2. The average molecular weight is 570 g/mol. The van der Waals surface area contributed by atoms with Gasteiger partial charge in [0.25, 0.3) is 5.91 Å². The third kappa shape index (κ3) is 7.27. The number of hydrogen-bond donors (Lipinski definition) is 1. The maximum atomic E-state index is 14.8. The lowest BCUT2D eigenvalue weighted by Gasteiger charge is -2.45. The first-order valence-electron chi connectivity index (χ1n) is 12.6. The van der Waals surface area contributed by atoms with E-state index in [4.69, 9.17) is 16.3 Å². The summed E-state index contributed by atoms with van der Waals surface area (Å²) < 4.78 is 85.9. The molecule has 2 heterocycles. The molecule has 2 aliphatic heterocycles. The van der Waals surface area contributed by atoms with Gasteiger partial charge in [0.05, 0.1) is 23.8 Å². The highest BCUT2D eigenvalue weighted by Gasteiger charge is 2.45. The van der Waals surface area contributed by atoms with Crippen molar-refractivity contribution in [2.45, 2.75) is 56.5 Å². The van der Waals surface area contributed by atoms with Crippen LogP contribution in [-0.4, -0.2) is 74.4 Å². The smallest absolute Gasteiger partial charge is 0.393 e. The van der Waals surface area contributed by atoms with Crippen LogP contribution in [0.3, 0.4) is 0 Å². The van der Waals surface area contributed by atoms with Crippen LogP contribution in [0.15, 0.2) is 12.1 Å². The molecule has 0 aromatic heterocycles. The topological polar surface area (TPSA) is 78.9 Å². The molecule has 1 amide bonds. The molecule has 3 aliphatic rings. The van der Waals surface area contributed by atoms with Gasteiger partial charge in [-0.05, 0) is 62.5 Å². The van der Waals surface area contributed by atoms with Gasteiger partial charge in [0.2, 0.25) is 10.0 Å². The lowest BCUT2D eigenvalue weighted by atomic mass is 9.96. The lowest BCUT2D eigenvalue weighted by Crippen LogP contribution is -2.55. The number of piperidine rings is 2. The molecule has 1 aliphatic carbocycles. The zero-order valence-corrected chi connectivity index (χ0v) is 22.1. The molecule has 2 atom stereocenters. The van der Waals surface area contributed by atoms with Crippen LogP contribution in [-0.2, 0) is 10.0 Å². The Hall–Kier alpha value is -1.63. The van der Waals surface area contributed by atoms with Crippen LogP contribution in [0, 0.1) is 17.7 Å². The molecule has 1 saturated carbocycles. The van der Waals surface area contributed by atoms with Gasteiger partial charge >= 0.3 is 6.18 Å². The van der Waals surface area contributed by atoms with Crippen LogP contribution >= 0.6 is 11.6 Å². The zero-order valence-electron chi connectivity index (χ0n) is 20.6. The van der Waals surface area contributed by atoms with Crippen LogP contribution in [0.1, 0.15) is 60.9 Å². The third-order valence-electron chi connectivity index (χ3n) is 7.30. The van der Waals surface area contributed by atoms with E-state index in [-0.39, 0.29) is 36.1 Å². The minimum absolute atomic E-state index is 0.0688. The monoisotopic (exact) mass is 569 g/mol. The van der Waals surface area contributed by atoms with Crippen molar-refractivity contribution in [3.05, 3.63) is 29.1 Å². The SMILES string of the molecule is CCS(=O)(=O)NC(=O)c1cc(C2CC2)c(OCC2CCN(N3CC(Cl)CC(C(F)(F)F)C3)CC2)cc1F. The number of amides is 1. The first-order chi connectivity index (χ1) is 17.4. The van der Waals surface area contributed by atoms with Gasteiger partial charge < -0.3 is 4.74 Å². The summed E-state index contributed by atoms with van der Waals surface area (Å²) in [5.74, 6) is -3.01. The standard InChI is InChI=1S/C24H32ClF4N3O4S/c1-2-37(34,35)30-23(33)20-10-19(16-3-4-16)22(11-21(20)26)36-14-15-5-7-31(8-6-15)32-12-17(24(27,28)29)9-18(25)13-32/h10-11,15-18H,2-9,12-14H2,1H3,(H,30,33). The van der Waals surface area contributed by atoms with E-state index >= 15 is 0 Å². The van der Waals surface area contributed by atoms with Gasteiger partial charge in [-0.3, -0.25) is 4.79 Å². The number of alkyl halides is 4. The van der Waals surface area contributed by atoms with E-state index in [9.17, 15) is 30.8 Å². The Morgan fingerprint density at radius 3 is 2.41 bits per heavy atom. The van der Waals surface area contributed by atoms with Gasteiger partial charge in [0.1, 0.15) is 11.6 Å².